The number of hydrogen-bond donors (Lipinski definition) is 3. The second-order valence-electron chi connectivity index (χ2n) is 12.7. The Bertz CT molecular complexity index is 1100. The molecule has 4 saturated carbocycles. The Labute approximate surface area is 222 Å². The van der Waals surface area contributed by atoms with Crippen molar-refractivity contribution >= 4 is 0 Å². The monoisotopic (exact) mass is 503 g/mol. The van der Waals surface area contributed by atoms with Crippen molar-refractivity contribution in [3.05, 3.63) is 77.2 Å². The highest BCUT2D eigenvalue weighted by molar-refractivity contribution is 5.39. The van der Waals surface area contributed by atoms with Gasteiger partial charge in [-0.05, 0) is 104 Å². The number of aliphatic hydroxyl groups is 3. The minimum atomic E-state index is -0.638. The lowest BCUT2D eigenvalue weighted by Gasteiger charge is -2.44. The van der Waals surface area contributed by atoms with E-state index >= 15 is 0 Å². The number of aryl methyl sites for hydroxylation is 1. The molecule has 0 aliphatic heterocycles. The van der Waals surface area contributed by atoms with Crippen LogP contribution in [-0.2, 0) is 5.41 Å². The standard InChI is InChI=1S/C33H45NO3/c1-21-7-13-30(34-20-21)33(16-17-33)31(37)14-8-22(2)27-11-12-28-24(6-5-15-32(27,28)4)9-10-25-18-26(35)19-29(36)23(25)3/h7-10,13-14,20,22,26-29,31,35-37H,3,5-6,11-12,15-19H2,1-2,4H3/t22-,26-,27-,28+,29+,31+,32-/m1/s1. The molecule has 5 rings (SSSR count). The molecule has 37 heavy (non-hydrogen) atoms. The molecule has 4 heteroatoms. The maximum atomic E-state index is 11.2. The Morgan fingerprint density at radius 3 is 2.59 bits per heavy atom. The molecule has 0 aromatic carbocycles. The molecule has 0 amide bonds. The summed E-state index contributed by atoms with van der Waals surface area (Å²) < 4.78 is 0. The lowest BCUT2D eigenvalue weighted by Crippen LogP contribution is -2.35. The van der Waals surface area contributed by atoms with Crippen LogP contribution in [0.5, 0.6) is 0 Å². The Kier molecular flexibility index (Phi) is 7.39. The molecule has 1 heterocycles. The highest BCUT2D eigenvalue weighted by Gasteiger charge is 2.52. The maximum Gasteiger partial charge on any atom is 0.0832 e. The fraction of sp³-hybridized carbons (Fsp3) is 0.606. The van der Waals surface area contributed by atoms with Crippen LogP contribution in [0.15, 0.2) is 65.9 Å². The second-order valence-corrected chi connectivity index (χ2v) is 12.7. The van der Waals surface area contributed by atoms with Crippen molar-refractivity contribution < 1.29 is 15.3 Å². The van der Waals surface area contributed by atoms with Gasteiger partial charge in [0.2, 0.25) is 0 Å². The molecule has 4 fully saturated rings. The van der Waals surface area contributed by atoms with Gasteiger partial charge in [0.25, 0.3) is 0 Å². The molecule has 3 N–H and O–H groups in total. The minimum Gasteiger partial charge on any atom is -0.393 e. The molecule has 200 valence electrons. The number of allylic oxidation sites excluding steroid dienone is 4. The van der Waals surface area contributed by atoms with Gasteiger partial charge in [-0.15, -0.1) is 0 Å². The van der Waals surface area contributed by atoms with Crippen LogP contribution in [0.4, 0.5) is 0 Å². The molecule has 4 aliphatic carbocycles. The zero-order valence-electron chi connectivity index (χ0n) is 22.9. The molecule has 0 radical (unpaired) electrons. The van der Waals surface area contributed by atoms with Gasteiger partial charge in [0, 0.05) is 23.7 Å². The van der Waals surface area contributed by atoms with E-state index in [0.29, 0.717) is 30.6 Å². The van der Waals surface area contributed by atoms with Crippen LogP contribution >= 0.6 is 0 Å². The van der Waals surface area contributed by atoms with Gasteiger partial charge >= 0.3 is 0 Å². The summed E-state index contributed by atoms with van der Waals surface area (Å²) >= 11 is 0. The fourth-order valence-corrected chi connectivity index (χ4v) is 7.81. The van der Waals surface area contributed by atoms with Crippen LogP contribution in [0.3, 0.4) is 0 Å². The summed E-state index contributed by atoms with van der Waals surface area (Å²) in [5.74, 6) is 1.58. The van der Waals surface area contributed by atoms with Gasteiger partial charge in [0.15, 0.2) is 0 Å². The largest absolute Gasteiger partial charge is 0.393 e. The molecule has 0 bridgehead atoms. The fourth-order valence-electron chi connectivity index (χ4n) is 7.81. The molecule has 4 nitrogen and oxygen atoms in total. The van der Waals surface area contributed by atoms with E-state index in [0.717, 1.165) is 41.7 Å². The summed E-state index contributed by atoms with van der Waals surface area (Å²) in [7, 11) is 0. The molecule has 0 unspecified atom stereocenters. The van der Waals surface area contributed by atoms with Gasteiger partial charge in [0.05, 0.1) is 18.3 Å². The Morgan fingerprint density at radius 1 is 1.11 bits per heavy atom. The quantitative estimate of drug-likeness (QED) is 0.409. The maximum absolute atomic E-state index is 11.2. The number of aromatic nitrogens is 1. The first-order chi connectivity index (χ1) is 17.6. The van der Waals surface area contributed by atoms with E-state index in [-0.39, 0.29) is 10.8 Å². The van der Waals surface area contributed by atoms with E-state index in [2.05, 4.69) is 61.8 Å². The molecule has 7 atom stereocenters. The average molecular weight is 504 g/mol. The van der Waals surface area contributed by atoms with Gasteiger partial charge in [-0.2, -0.15) is 0 Å². The number of fused-ring (bicyclic) bond motifs is 1. The van der Waals surface area contributed by atoms with Crippen molar-refractivity contribution in [2.75, 3.05) is 0 Å². The summed E-state index contributed by atoms with van der Waals surface area (Å²) in [6, 6.07) is 4.18. The highest BCUT2D eigenvalue weighted by atomic mass is 16.3. The molecular weight excluding hydrogens is 458 g/mol. The molecule has 0 spiro atoms. The van der Waals surface area contributed by atoms with Crippen LogP contribution in [0, 0.1) is 30.1 Å². The normalized spacial score (nSPS) is 37.2. The van der Waals surface area contributed by atoms with Crippen LogP contribution in [0.2, 0.25) is 0 Å². The Morgan fingerprint density at radius 2 is 1.89 bits per heavy atom. The van der Waals surface area contributed by atoms with E-state index < -0.39 is 18.3 Å². The Balaban J connectivity index is 1.28. The summed E-state index contributed by atoms with van der Waals surface area (Å²) in [5, 5.41) is 31.5. The van der Waals surface area contributed by atoms with E-state index in [1.165, 1.54) is 31.3 Å². The van der Waals surface area contributed by atoms with Crippen molar-refractivity contribution in [3.8, 4) is 0 Å². The molecule has 4 aliphatic rings. The van der Waals surface area contributed by atoms with Crippen molar-refractivity contribution in [2.24, 2.45) is 23.2 Å². The lowest BCUT2D eigenvalue weighted by molar-refractivity contribution is 0.0862. The molecule has 1 aromatic rings. The van der Waals surface area contributed by atoms with E-state index in [4.69, 9.17) is 0 Å². The van der Waals surface area contributed by atoms with Crippen molar-refractivity contribution in [1.82, 2.24) is 4.98 Å². The summed E-state index contributed by atoms with van der Waals surface area (Å²) in [6.45, 7) is 10.9. The molecule has 1 aromatic heterocycles. The summed E-state index contributed by atoms with van der Waals surface area (Å²) in [5.41, 5.74) is 5.50. The topological polar surface area (TPSA) is 73.6 Å². The van der Waals surface area contributed by atoms with Crippen molar-refractivity contribution in [2.45, 2.75) is 102 Å². The predicted octanol–water partition coefficient (Wildman–Crippen LogP) is 6.12. The zero-order valence-corrected chi connectivity index (χ0v) is 22.9. The number of pyridine rings is 1. The third-order valence-corrected chi connectivity index (χ3v) is 10.3. The first kappa shape index (κ1) is 26.6. The van der Waals surface area contributed by atoms with Crippen LogP contribution in [0.1, 0.15) is 82.9 Å². The van der Waals surface area contributed by atoms with Gasteiger partial charge in [-0.25, -0.2) is 0 Å². The smallest absolute Gasteiger partial charge is 0.0832 e. The van der Waals surface area contributed by atoms with Gasteiger partial charge in [-0.3, -0.25) is 4.98 Å². The van der Waals surface area contributed by atoms with Crippen molar-refractivity contribution in [3.63, 3.8) is 0 Å². The zero-order chi connectivity index (χ0) is 26.4. The van der Waals surface area contributed by atoms with Gasteiger partial charge < -0.3 is 15.3 Å². The van der Waals surface area contributed by atoms with Crippen LogP contribution < -0.4 is 0 Å². The van der Waals surface area contributed by atoms with Crippen LogP contribution in [0.25, 0.3) is 0 Å². The number of aliphatic hydroxyl groups excluding tert-OH is 3. The van der Waals surface area contributed by atoms with Crippen molar-refractivity contribution in [1.29, 1.82) is 0 Å². The van der Waals surface area contributed by atoms with Gasteiger partial charge in [-0.1, -0.05) is 56.4 Å². The lowest BCUT2D eigenvalue weighted by atomic mass is 9.61. The average Bonchev–Trinajstić information content (AvgIpc) is 3.60. The SMILES string of the molecule is C=C1C(=CC=C2CCC[C@]3(C)[C@@H]([C@H](C)C=C[C@H](O)C4(c5ccc(C)cn5)CC4)CC[C@@H]23)C[C@@H](O)C[C@@H]1O. The third kappa shape index (κ3) is 5.05. The predicted molar refractivity (Wildman–Crippen MR) is 149 cm³/mol. The first-order valence-corrected chi connectivity index (χ1v) is 14.4. The Hall–Kier alpha value is -2.01. The number of hydrogen-bond acceptors (Lipinski definition) is 4. The number of nitrogens with zero attached hydrogens (tertiary/aromatic N) is 1. The van der Waals surface area contributed by atoms with Crippen LogP contribution in [-0.4, -0.2) is 38.6 Å². The van der Waals surface area contributed by atoms with E-state index in [1.54, 1.807) is 0 Å². The second kappa shape index (κ2) is 10.3. The minimum absolute atomic E-state index is 0.204. The molecule has 0 saturated heterocycles. The summed E-state index contributed by atoms with van der Waals surface area (Å²) in [4.78, 5) is 4.64. The summed E-state index contributed by atoms with van der Waals surface area (Å²) in [6.07, 6.45) is 18.0. The van der Waals surface area contributed by atoms with Gasteiger partial charge in [0.1, 0.15) is 0 Å². The highest BCUT2D eigenvalue weighted by Crippen LogP contribution is 2.59. The number of rotatable bonds is 6. The molecular formula is C33H45NO3. The first-order valence-electron chi connectivity index (χ1n) is 14.4. The van der Waals surface area contributed by atoms with E-state index in [1.807, 2.05) is 13.1 Å². The third-order valence-electron chi connectivity index (χ3n) is 10.3. The van der Waals surface area contributed by atoms with E-state index in [9.17, 15) is 15.3 Å².